The molecule has 0 aliphatic rings. The first-order chi connectivity index (χ1) is 26.3. The molecule has 0 heterocycles. The molecule has 4 nitrogen and oxygen atoms in total. The van der Waals surface area contributed by atoms with Crippen LogP contribution in [-0.2, 0) is 0 Å². The first-order valence-electron chi connectivity index (χ1n) is 18.5. The lowest BCUT2D eigenvalue weighted by atomic mass is 9.93. The van der Waals surface area contributed by atoms with Gasteiger partial charge in [0.2, 0.25) is 0 Å². The molecule has 54 heavy (non-hydrogen) atoms. The van der Waals surface area contributed by atoms with Crippen LogP contribution in [0.5, 0.6) is 0 Å². The zero-order valence-electron chi connectivity index (χ0n) is 31.0. The topological polar surface area (TPSA) is 34.6 Å². The highest BCUT2D eigenvalue weighted by Gasteiger charge is 2.22. The van der Waals surface area contributed by atoms with E-state index in [0.717, 1.165) is 66.4 Å². The smallest absolute Gasteiger partial charge is 0.187 e. The van der Waals surface area contributed by atoms with Gasteiger partial charge in [0, 0.05) is 33.5 Å². The first-order valence-corrected chi connectivity index (χ1v) is 18.5. The third-order valence-electron chi connectivity index (χ3n) is 10.4. The second kappa shape index (κ2) is 14.3. The molecule has 8 rings (SSSR count). The molecule has 0 atom stereocenters. The molecule has 0 spiro atoms. The fraction of sp³-hybridized carbons (Fsp3) is 0.120. The molecule has 0 bridgehead atoms. The van der Waals surface area contributed by atoms with Gasteiger partial charge in [-0.2, -0.15) is 5.26 Å². The van der Waals surface area contributed by atoms with Gasteiger partial charge in [0.1, 0.15) is 0 Å². The van der Waals surface area contributed by atoms with Crippen molar-refractivity contribution in [1.82, 2.24) is 0 Å². The first kappa shape index (κ1) is 34.2. The van der Waals surface area contributed by atoms with Crippen molar-refractivity contribution >= 4 is 72.1 Å². The number of rotatable bonds is 8. The Balaban J connectivity index is 1.42. The quantitative estimate of drug-likeness (QED) is 0.117. The summed E-state index contributed by atoms with van der Waals surface area (Å²) in [6.07, 6.45) is 0. The van der Waals surface area contributed by atoms with Crippen LogP contribution in [0.25, 0.3) is 37.2 Å². The van der Waals surface area contributed by atoms with Gasteiger partial charge in [0.25, 0.3) is 0 Å². The fourth-order valence-electron chi connectivity index (χ4n) is 7.52. The largest absolute Gasteiger partial charge is 0.310 e. The molecular formula is C50H40N4. The van der Waals surface area contributed by atoms with Gasteiger partial charge in [-0.25, -0.2) is 4.85 Å². The van der Waals surface area contributed by atoms with Crippen molar-refractivity contribution in [2.24, 2.45) is 0 Å². The van der Waals surface area contributed by atoms with E-state index in [2.05, 4.69) is 158 Å². The molecule has 0 N–H and O–H groups in total. The van der Waals surface area contributed by atoms with Gasteiger partial charge in [0.15, 0.2) is 5.69 Å². The summed E-state index contributed by atoms with van der Waals surface area (Å²) in [5.74, 6) is 0.840. The summed E-state index contributed by atoms with van der Waals surface area (Å²) < 4.78 is 0. The van der Waals surface area contributed by atoms with Crippen LogP contribution < -0.4 is 9.80 Å². The zero-order valence-corrected chi connectivity index (χ0v) is 31.0. The third-order valence-corrected chi connectivity index (χ3v) is 10.4. The molecule has 0 fully saturated rings. The summed E-state index contributed by atoms with van der Waals surface area (Å²) in [6, 6.07) is 57.7. The standard InChI is InChI=1S/C50H40N4/c1-33(2)36-16-24-40(25-17-36)53(39-22-14-35(32-51)15-23-39)49-30-47-44-11-7-9-13-46(44)50(31-48(47)43-10-6-8-12-45(43)49)54(42-28-20-38(52-5)21-29-42)41-26-18-37(19-27-41)34(3)4/h6-31,33-34H,1-4H3. The van der Waals surface area contributed by atoms with E-state index in [1.807, 2.05) is 48.5 Å². The highest BCUT2D eigenvalue weighted by molar-refractivity contribution is 6.24. The summed E-state index contributed by atoms with van der Waals surface area (Å²) in [5, 5.41) is 16.5. The molecule has 0 unspecified atom stereocenters. The van der Waals surface area contributed by atoms with Crippen molar-refractivity contribution < 1.29 is 0 Å². The predicted molar refractivity (Wildman–Crippen MR) is 227 cm³/mol. The van der Waals surface area contributed by atoms with Crippen molar-refractivity contribution in [2.45, 2.75) is 39.5 Å². The minimum absolute atomic E-state index is 0.419. The van der Waals surface area contributed by atoms with E-state index >= 15 is 0 Å². The van der Waals surface area contributed by atoms with Crippen molar-refractivity contribution in [3.05, 3.63) is 186 Å². The van der Waals surface area contributed by atoms with Crippen LogP contribution in [0.4, 0.5) is 39.8 Å². The lowest BCUT2D eigenvalue weighted by molar-refractivity contribution is 0.866. The number of anilines is 6. The zero-order chi connectivity index (χ0) is 37.3. The summed E-state index contributed by atoms with van der Waals surface area (Å²) in [7, 11) is 0. The molecule has 260 valence electrons. The lowest BCUT2D eigenvalue weighted by Crippen LogP contribution is -2.12. The highest BCUT2D eigenvalue weighted by atomic mass is 15.2. The van der Waals surface area contributed by atoms with Gasteiger partial charge in [-0.15, -0.1) is 0 Å². The molecule has 0 radical (unpaired) electrons. The Kier molecular flexibility index (Phi) is 9.04. The highest BCUT2D eigenvalue weighted by Crippen LogP contribution is 2.48. The fourth-order valence-corrected chi connectivity index (χ4v) is 7.52. The Labute approximate surface area is 317 Å². The van der Waals surface area contributed by atoms with Crippen LogP contribution in [0.2, 0.25) is 0 Å². The van der Waals surface area contributed by atoms with Gasteiger partial charge in [-0.3, -0.25) is 0 Å². The van der Waals surface area contributed by atoms with Crippen LogP contribution >= 0.6 is 0 Å². The average molecular weight is 697 g/mol. The van der Waals surface area contributed by atoms with Gasteiger partial charge >= 0.3 is 0 Å². The number of hydrogen-bond donors (Lipinski definition) is 0. The van der Waals surface area contributed by atoms with E-state index in [-0.39, 0.29) is 0 Å². The minimum Gasteiger partial charge on any atom is -0.310 e. The molecule has 0 saturated heterocycles. The second-order valence-electron chi connectivity index (χ2n) is 14.4. The second-order valence-corrected chi connectivity index (χ2v) is 14.4. The Morgan fingerprint density at radius 1 is 0.463 bits per heavy atom. The van der Waals surface area contributed by atoms with Crippen molar-refractivity contribution in [2.75, 3.05) is 9.80 Å². The molecule has 0 saturated carbocycles. The predicted octanol–water partition coefficient (Wildman–Crippen LogP) is 14.8. The van der Waals surface area contributed by atoms with Crippen molar-refractivity contribution in [3.8, 4) is 6.07 Å². The number of benzene rings is 8. The SMILES string of the molecule is [C-]#[N+]c1ccc(N(c2ccc(C(C)C)cc2)c2cc3c4ccccc4c(N(c4ccc(C#N)cc4)c4ccc(C(C)C)cc4)cc3c3ccccc23)cc1. The Bertz CT molecular complexity index is 2520. The number of nitrogens with zero attached hydrogens (tertiary/aromatic N) is 4. The summed E-state index contributed by atoms with van der Waals surface area (Å²) in [4.78, 5) is 8.31. The van der Waals surface area contributed by atoms with Crippen molar-refractivity contribution in [1.29, 1.82) is 5.26 Å². The summed E-state index contributed by atoms with van der Waals surface area (Å²) in [6.45, 7) is 16.5. The maximum Gasteiger partial charge on any atom is 0.187 e. The third kappa shape index (κ3) is 6.19. The van der Waals surface area contributed by atoms with E-state index in [9.17, 15) is 5.26 Å². The molecule has 0 amide bonds. The average Bonchev–Trinajstić information content (AvgIpc) is 3.22. The molecular weight excluding hydrogens is 657 g/mol. The molecule has 8 aromatic carbocycles. The Morgan fingerprint density at radius 3 is 1.17 bits per heavy atom. The Hall–Kier alpha value is -6.88. The molecule has 0 aliphatic heterocycles. The van der Waals surface area contributed by atoms with E-state index < -0.39 is 0 Å². The summed E-state index contributed by atoms with van der Waals surface area (Å²) >= 11 is 0. The lowest BCUT2D eigenvalue weighted by Gasteiger charge is -2.30. The van der Waals surface area contributed by atoms with Gasteiger partial charge in [-0.05, 0) is 117 Å². The maximum atomic E-state index is 9.63. The maximum absolute atomic E-state index is 9.63. The Morgan fingerprint density at radius 2 is 0.815 bits per heavy atom. The van der Waals surface area contributed by atoms with Gasteiger partial charge in [0.05, 0.1) is 29.6 Å². The monoisotopic (exact) mass is 696 g/mol. The number of nitriles is 1. The van der Waals surface area contributed by atoms with Crippen LogP contribution in [-0.4, -0.2) is 0 Å². The van der Waals surface area contributed by atoms with E-state index in [0.29, 0.717) is 23.1 Å². The summed E-state index contributed by atoms with van der Waals surface area (Å²) in [5.41, 5.74) is 10.0. The number of hydrogen-bond acceptors (Lipinski definition) is 3. The van der Waals surface area contributed by atoms with Crippen LogP contribution in [0.3, 0.4) is 0 Å². The molecule has 8 aromatic rings. The van der Waals surface area contributed by atoms with E-state index in [1.54, 1.807) is 0 Å². The molecule has 0 aliphatic carbocycles. The molecule has 0 aromatic heterocycles. The molecule has 4 heteroatoms. The van der Waals surface area contributed by atoms with Gasteiger partial charge in [-0.1, -0.05) is 113 Å². The van der Waals surface area contributed by atoms with E-state index in [4.69, 9.17) is 6.57 Å². The van der Waals surface area contributed by atoms with Gasteiger partial charge < -0.3 is 9.80 Å². The van der Waals surface area contributed by atoms with E-state index in [1.165, 1.54) is 11.1 Å². The normalized spacial score (nSPS) is 11.3. The van der Waals surface area contributed by atoms with Crippen molar-refractivity contribution in [3.63, 3.8) is 0 Å². The van der Waals surface area contributed by atoms with Crippen LogP contribution in [0, 0.1) is 17.9 Å². The number of fused-ring (bicyclic) bond motifs is 5. The van der Waals surface area contributed by atoms with Crippen LogP contribution in [0.1, 0.15) is 56.2 Å². The van der Waals surface area contributed by atoms with Crippen LogP contribution in [0.15, 0.2) is 158 Å². The minimum atomic E-state index is 0.419.